The molecule has 0 spiro atoms. The number of ether oxygens (including phenoxy) is 3. The van der Waals surface area contributed by atoms with Crippen LogP contribution in [0.5, 0.6) is 0 Å². The summed E-state index contributed by atoms with van der Waals surface area (Å²) in [5, 5.41) is 12.2. The molecule has 0 unspecified atom stereocenters. The first kappa shape index (κ1) is 27.7. The number of carbonyl (C=O) groups is 1. The molecule has 210 valence electrons. The van der Waals surface area contributed by atoms with Gasteiger partial charge in [-0.1, -0.05) is 49.1 Å². The van der Waals surface area contributed by atoms with E-state index in [4.69, 9.17) is 14.2 Å². The molecule has 2 aromatic carbocycles. The molecule has 1 amide bonds. The Bertz CT molecular complexity index is 1230. The Morgan fingerprint density at radius 1 is 1.02 bits per heavy atom. The van der Waals surface area contributed by atoms with Gasteiger partial charge in [0, 0.05) is 62.8 Å². The summed E-state index contributed by atoms with van der Waals surface area (Å²) in [7, 11) is 0. The number of nitrogens with zero attached hydrogens (tertiary/aromatic N) is 4. The minimum atomic E-state index is -0.568. The zero-order chi connectivity index (χ0) is 27.7. The molecule has 1 aromatic heterocycles. The topological polar surface area (TPSA) is 109 Å². The first-order chi connectivity index (χ1) is 19.6. The molecule has 2 aliphatic rings. The van der Waals surface area contributed by atoms with Gasteiger partial charge in [-0.3, -0.25) is 10.2 Å². The van der Waals surface area contributed by atoms with E-state index in [0.717, 1.165) is 55.4 Å². The number of nitrogens with one attached hydrogen (secondary N) is 1. The summed E-state index contributed by atoms with van der Waals surface area (Å²) < 4.78 is 17.9. The van der Waals surface area contributed by atoms with Gasteiger partial charge in [-0.2, -0.15) is 0 Å². The lowest BCUT2D eigenvalue weighted by Gasteiger charge is -2.40. The van der Waals surface area contributed by atoms with E-state index < -0.39 is 12.4 Å². The number of hydrogen-bond acceptors (Lipinski definition) is 9. The summed E-state index contributed by atoms with van der Waals surface area (Å²) in [6.07, 6.45) is 4.46. The van der Waals surface area contributed by atoms with E-state index in [2.05, 4.69) is 31.7 Å². The minimum absolute atomic E-state index is 0.00167. The van der Waals surface area contributed by atoms with Crippen LogP contribution in [-0.4, -0.2) is 71.5 Å². The maximum atomic E-state index is 11.9. The average Bonchev–Trinajstić information content (AvgIpc) is 3.01. The molecule has 3 aromatic rings. The van der Waals surface area contributed by atoms with Crippen molar-refractivity contribution in [3.05, 3.63) is 96.3 Å². The summed E-state index contributed by atoms with van der Waals surface area (Å²) in [4.78, 5) is 25.3. The number of benzene rings is 2. The maximum absolute atomic E-state index is 11.9. The van der Waals surface area contributed by atoms with Gasteiger partial charge in [0.25, 0.3) is 0 Å². The fourth-order valence-electron chi connectivity index (χ4n) is 4.92. The normalized spacial score (nSPS) is 21.5. The van der Waals surface area contributed by atoms with Gasteiger partial charge in [0.15, 0.2) is 6.29 Å². The maximum Gasteiger partial charge on any atom is 0.411 e. The van der Waals surface area contributed by atoms with Crippen LogP contribution in [0.2, 0.25) is 0 Å². The van der Waals surface area contributed by atoms with Crippen LogP contribution in [-0.2, 0) is 20.8 Å². The zero-order valence-electron chi connectivity index (χ0n) is 22.4. The van der Waals surface area contributed by atoms with Gasteiger partial charge in [-0.25, -0.2) is 14.8 Å². The van der Waals surface area contributed by atoms with Crippen LogP contribution in [0.25, 0.3) is 0 Å². The van der Waals surface area contributed by atoms with Gasteiger partial charge >= 0.3 is 6.09 Å². The molecule has 0 aliphatic carbocycles. The Morgan fingerprint density at radius 2 is 1.73 bits per heavy atom. The van der Waals surface area contributed by atoms with E-state index in [9.17, 15) is 9.90 Å². The molecule has 3 atom stereocenters. The average molecular weight is 546 g/mol. The van der Waals surface area contributed by atoms with Crippen LogP contribution >= 0.6 is 0 Å². The quantitative estimate of drug-likeness (QED) is 0.385. The summed E-state index contributed by atoms with van der Waals surface area (Å²) in [6.45, 7) is 7.96. The Hall–Kier alpha value is -3.83. The Morgan fingerprint density at radius 3 is 2.40 bits per heavy atom. The number of rotatable bonds is 9. The first-order valence-electron chi connectivity index (χ1n) is 13.5. The van der Waals surface area contributed by atoms with Crippen LogP contribution in [0.15, 0.2) is 79.6 Å². The smallest absolute Gasteiger partial charge is 0.411 e. The fraction of sp³-hybridized carbons (Fsp3) is 0.367. The minimum Gasteiger partial charge on any atom is -0.445 e. The van der Waals surface area contributed by atoms with Crippen LogP contribution in [0, 0.1) is 0 Å². The summed E-state index contributed by atoms with van der Waals surface area (Å²) in [6, 6.07) is 17.1. The summed E-state index contributed by atoms with van der Waals surface area (Å²) in [5.41, 5.74) is 3.38. The van der Waals surface area contributed by atoms with Crippen LogP contribution in [0.4, 0.5) is 16.4 Å². The highest BCUT2D eigenvalue weighted by Gasteiger charge is 2.34. The van der Waals surface area contributed by atoms with Crippen molar-refractivity contribution in [3.8, 4) is 0 Å². The van der Waals surface area contributed by atoms with Crippen molar-refractivity contribution < 1.29 is 24.1 Å². The third kappa shape index (κ3) is 7.22. The van der Waals surface area contributed by atoms with Gasteiger partial charge in [0.2, 0.25) is 5.95 Å². The first-order valence-corrected chi connectivity index (χ1v) is 13.5. The Balaban J connectivity index is 1.26. The lowest BCUT2D eigenvalue weighted by atomic mass is 9.99. The number of piperazine rings is 1. The standard InChI is InChI=1S/C30H35N5O5/c1-2-18-38-30(37)33-25-10-8-24(9-11-25)28-39-26(19-27(40-28)23-6-4-22(21-36)5-7-23)20-34-14-16-35(17-15-34)29-31-12-3-13-32-29/h2-13,26-28,36H,1,14-21H2,(H,33,37)/t26-,27+,28+/m1/s1. The van der Waals surface area contributed by atoms with Gasteiger partial charge in [-0.15, -0.1) is 0 Å². The highest BCUT2D eigenvalue weighted by molar-refractivity contribution is 5.84. The summed E-state index contributed by atoms with van der Waals surface area (Å²) >= 11 is 0. The van der Waals surface area contributed by atoms with Crippen molar-refractivity contribution in [1.82, 2.24) is 14.9 Å². The van der Waals surface area contributed by atoms with E-state index in [0.29, 0.717) is 12.1 Å². The highest BCUT2D eigenvalue weighted by atomic mass is 16.7. The van der Waals surface area contributed by atoms with Crippen molar-refractivity contribution >= 4 is 17.7 Å². The van der Waals surface area contributed by atoms with E-state index in [1.54, 1.807) is 24.5 Å². The molecule has 2 N–H and O–H groups in total. The molecule has 5 rings (SSSR count). The van der Waals surface area contributed by atoms with Crippen molar-refractivity contribution in [1.29, 1.82) is 0 Å². The van der Waals surface area contributed by atoms with E-state index in [1.165, 1.54) is 6.08 Å². The van der Waals surface area contributed by atoms with E-state index in [-0.39, 0.29) is 25.4 Å². The van der Waals surface area contributed by atoms with E-state index in [1.807, 2.05) is 42.5 Å². The fourth-order valence-corrected chi connectivity index (χ4v) is 4.92. The number of carbonyl (C=O) groups excluding carboxylic acids is 1. The molecule has 0 radical (unpaired) electrons. The number of aromatic nitrogens is 2. The third-order valence-electron chi connectivity index (χ3n) is 7.05. The summed E-state index contributed by atoms with van der Waals surface area (Å²) in [5.74, 6) is 0.767. The van der Waals surface area contributed by atoms with Crippen LogP contribution in [0.1, 0.15) is 35.5 Å². The number of amides is 1. The predicted molar refractivity (Wildman–Crippen MR) is 151 cm³/mol. The SMILES string of the molecule is C=CCOC(=O)Nc1ccc([C@H]2O[C@@H](CN3CCN(c4ncccn4)CC3)C[C@@H](c3ccc(CO)cc3)O2)cc1. The molecule has 2 saturated heterocycles. The second-order valence-electron chi connectivity index (χ2n) is 9.82. The molecule has 10 heteroatoms. The zero-order valence-corrected chi connectivity index (χ0v) is 22.4. The number of aliphatic hydroxyl groups is 1. The molecule has 3 heterocycles. The highest BCUT2D eigenvalue weighted by Crippen LogP contribution is 2.38. The van der Waals surface area contributed by atoms with Crippen molar-refractivity contribution in [3.63, 3.8) is 0 Å². The molecule has 2 aliphatic heterocycles. The number of aliphatic hydroxyl groups excluding tert-OH is 1. The molecule has 10 nitrogen and oxygen atoms in total. The van der Waals surface area contributed by atoms with Gasteiger partial charge in [0.05, 0.1) is 18.8 Å². The lowest BCUT2D eigenvalue weighted by Crippen LogP contribution is -2.50. The second kappa shape index (κ2) is 13.5. The van der Waals surface area contributed by atoms with Gasteiger partial charge < -0.3 is 24.2 Å². The molecule has 40 heavy (non-hydrogen) atoms. The largest absolute Gasteiger partial charge is 0.445 e. The molecule has 0 bridgehead atoms. The molecular weight excluding hydrogens is 510 g/mol. The Kier molecular flexibility index (Phi) is 9.35. The molecule has 0 saturated carbocycles. The van der Waals surface area contributed by atoms with Crippen LogP contribution in [0.3, 0.4) is 0 Å². The second-order valence-corrected chi connectivity index (χ2v) is 9.82. The van der Waals surface area contributed by atoms with Crippen molar-refractivity contribution in [2.45, 2.75) is 31.5 Å². The van der Waals surface area contributed by atoms with Gasteiger partial charge in [0.1, 0.15) is 6.61 Å². The Labute approximate surface area is 234 Å². The lowest BCUT2D eigenvalue weighted by molar-refractivity contribution is -0.253. The monoisotopic (exact) mass is 545 g/mol. The number of anilines is 2. The van der Waals surface area contributed by atoms with Crippen molar-refractivity contribution in [2.24, 2.45) is 0 Å². The van der Waals surface area contributed by atoms with Gasteiger partial charge in [-0.05, 0) is 29.3 Å². The molecule has 2 fully saturated rings. The molecular formula is C30H35N5O5. The van der Waals surface area contributed by atoms with Crippen molar-refractivity contribution in [2.75, 3.05) is 49.5 Å². The third-order valence-corrected chi connectivity index (χ3v) is 7.05. The van der Waals surface area contributed by atoms with Crippen LogP contribution < -0.4 is 10.2 Å². The van der Waals surface area contributed by atoms with E-state index >= 15 is 0 Å². The predicted octanol–water partition coefficient (Wildman–Crippen LogP) is 4.07. The number of hydrogen-bond donors (Lipinski definition) is 2.